The van der Waals surface area contributed by atoms with Gasteiger partial charge in [-0.1, -0.05) is 13.8 Å². The molecule has 0 bridgehead atoms. The minimum absolute atomic E-state index is 0.103. The van der Waals surface area contributed by atoms with Crippen LogP contribution in [0.4, 0.5) is 4.39 Å². The zero-order valence-electron chi connectivity index (χ0n) is 8.26. The van der Waals surface area contributed by atoms with Crippen molar-refractivity contribution in [3.8, 4) is 0 Å². The molecule has 0 atom stereocenters. The highest BCUT2D eigenvalue weighted by molar-refractivity contribution is 5.24. The van der Waals surface area contributed by atoms with Crippen molar-refractivity contribution in [2.45, 2.75) is 33.2 Å². The van der Waals surface area contributed by atoms with Gasteiger partial charge in [0, 0.05) is 6.54 Å². The fourth-order valence-electron chi connectivity index (χ4n) is 1.25. The second-order valence-electron chi connectivity index (χ2n) is 3.48. The molecule has 0 radical (unpaired) electrons. The maximum absolute atomic E-state index is 13.3. The number of nitrogens with two attached hydrogens (primary N) is 1. The van der Waals surface area contributed by atoms with Crippen molar-refractivity contribution in [2.75, 3.05) is 0 Å². The summed E-state index contributed by atoms with van der Waals surface area (Å²) >= 11 is 0. The quantitative estimate of drug-likeness (QED) is 0.760. The molecular formula is C10H15FN2. The Kier molecular flexibility index (Phi) is 2.98. The molecule has 0 fully saturated rings. The van der Waals surface area contributed by atoms with E-state index >= 15 is 0 Å². The smallest absolute Gasteiger partial charge is 0.145 e. The third-order valence-electron chi connectivity index (χ3n) is 2.04. The van der Waals surface area contributed by atoms with Crippen molar-refractivity contribution in [1.82, 2.24) is 4.98 Å². The molecule has 0 aliphatic rings. The highest BCUT2D eigenvalue weighted by Gasteiger charge is 2.10. The Balaban J connectivity index is 3.22. The summed E-state index contributed by atoms with van der Waals surface area (Å²) < 4.78 is 13.3. The Hall–Kier alpha value is -0.960. The van der Waals surface area contributed by atoms with Crippen LogP contribution in [0.3, 0.4) is 0 Å². The van der Waals surface area contributed by atoms with Crippen LogP contribution in [0.2, 0.25) is 0 Å². The molecule has 0 aromatic carbocycles. The molecule has 0 amide bonds. The van der Waals surface area contributed by atoms with Crippen molar-refractivity contribution >= 4 is 0 Å². The SMILES string of the molecule is Cc1cc(F)c(C(C)C)nc1CN. The molecule has 2 N–H and O–H groups in total. The lowest BCUT2D eigenvalue weighted by Crippen LogP contribution is -2.08. The minimum atomic E-state index is -0.232. The van der Waals surface area contributed by atoms with Gasteiger partial charge in [-0.3, -0.25) is 4.98 Å². The normalized spacial score (nSPS) is 10.9. The summed E-state index contributed by atoms with van der Waals surface area (Å²) in [6, 6.07) is 1.50. The Bertz CT molecular complexity index is 308. The van der Waals surface area contributed by atoms with Gasteiger partial charge in [0.05, 0.1) is 11.4 Å². The number of rotatable bonds is 2. The zero-order valence-corrected chi connectivity index (χ0v) is 8.26. The second kappa shape index (κ2) is 3.83. The highest BCUT2D eigenvalue weighted by Crippen LogP contribution is 2.18. The van der Waals surface area contributed by atoms with Crippen molar-refractivity contribution in [2.24, 2.45) is 5.73 Å². The fourth-order valence-corrected chi connectivity index (χ4v) is 1.25. The number of hydrogen-bond donors (Lipinski definition) is 1. The van der Waals surface area contributed by atoms with E-state index in [2.05, 4.69) is 4.98 Å². The van der Waals surface area contributed by atoms with Crippen LogP contribution in [0, 0.1) is 12.7 Å². The second-order valence-corrected chi connectivity index (χ2v) is 3.48. The lowest BCUT2D eigenvalue weighted by atomic mass is 10.1. The van der Waals surface area contributed by atoms with Gasteiger partial charge in [0.2, 0.25) is 0 Å². The number of aryl methyl sites for hydroxylation is 1. The maximum Gasteiger partial charge on any atom is 0.145 e. The van der Waals surface area contributed by atoms with Crippen molar-refractivity contribution in [3.63, 3.8) is 0 Å². The Morgan fingerprint density at radius 3 is 2.62 bits per heavy atom. The van der Waals surface area contributed by atoms with Gasteiger partial charge in [-0.2, -0.15) is 0 Å². The molecule has 0 saturated carbocycles. The molecule has 2 nitrogen and oxygen atoms in total. The zero-order chi connectivity index (χ0) is 10.0. The van der Waals surface area contributed by atoms with Gasteiger partial charge >= 0.3 is 0 Å². The molecule has 1 heterocycles. The van der Waals surface area contributed by atoms with E-state index in [4.69, 9.17) is 5.73 Å². The van der Waals surface area contributed by atoms with Gasteiger partial charge in [-0.15, -0.1) is 0 Å². The number of pyridine rings is 1. The van der Waals surface area contributed by atoms with E-state index in [0.717, 1.165) is 11.3 Å². The minimum Gasteiger partial charge on any atom is -0.325 e. The summed E-state index contributed by atoms with van der Waals surface area (Å²) in [4.78, 5) is 4.19. The van der Waals surface area contributed by atoms with Crippen LogP contribution in [0.1, 0.15) is 36.7 Å². The van der Waals surface area contributed by atoms with Crippen LogP contribution in [0.15, 0.2) is 6.07 Å². The van der Waals surface area contributed by atoms with Crippen LogP contribution in [0.5, 0.6) is 0 Å². The molecule has 3 heteroatoms. The topological polar surface area (TPSA) is 38.9 Å². The number of nitrogens with zero attached hydrogens (tertiary/aromatic N) is 1. The summed E-state index contributed by atoms with van der Waals surface area (Å²) in [5.74, 6) is -0.129. The average Bonchev–Trinajstić information content (AvgIpc) is 2.03. The Morgan fingerprint density at radius 2 is 2.15 bits per heavy atom. The van der Waals surface area contributed by atoms with Gasteiger partial charge in [-0.25, -0.2) is 4.39 Å². The molecule has 72 valence electrons. The third-order valence-corrected chi connectivity index (χ3v) is 2.04. The van der Waals surface area contributed by atoms with E-state index < -0.39 is 0 Å². The van der Waals surface area contributed by atoms with Crippen molar-refractivity contribution in [3.05, 3.63) is 28.8 Å². The molecule has 0 spiro atoms. The number of halogens is 1. The van der Waals surface area contributed by atoms with E-state index in [1.54, 1.807) is 0 Å². The largest absolute Gasteiger partial charge is 0.325 e. The van der Waals surface area contributed by atoms with E-state index in [1.807, 2.05) is 20.8 Å². The molecule has 13 heavy (non-hydrogen) atoms. The van der Waals surface area contributed by atoms with Crippen LogP contribution in [-0.4, -0.2) is 4.98 Å². The maximum atomic E-state index is 13.3. The molecule has 0 unspecified atom stereocenters. The lowest BCUT2D eigenvalue weighted by Gasteiger charge is -2.09. The summed E-state index contributed by atoms with van der Waals surface area (Å²) in [6.45, 7) is 6.02. The average molecular weight is 182 g/mol. The van der Waals surface area contributed by atoms with Gasteiger partial charge in [-0.05, 0) is 24.5 Å². The molecule has 0 saturated heterocycles. The summed E-state index contributed by atoms with van der Waals surface area (Å²) in [5, 5.41) is 0. The van der Waals surface area contributed by atoms with E-state index in [1.165, 1.54) is 6.07 Å². The predicted octanol–water partition coefficient (Wildman–Crippen LogP) is 2.11. The van der Waals surface area contributed by atoms with Crippen LogP contribution in [-0.2, 0) is 6.54 Å². The molecule has 0 aliphatic heterocycles. The molecule has 1 rings (SSSR count). The Labute approximate surface area is 78.0 Å². The van der Waals surface area contributed by atoms with Gasteiger partial charge < -0.3 is 5.73 Å². The first-order valence-electron chi connectivity index (χ1n) is 4.42. The van der Waals surface area contributed by atoms with Gasteiger partial charge in [0.1, 0.15) is 5.82 Å². The van der Waals surface area contributed by atoms with Crippen LogP contribution >= 0.6 is 0 Å². The van der Waals surface area contributed by atoms with Crippen molar-refractivity contribution in [1.29, 1.82) is 0 Å². The first kappa shape index (κ1) is 10.1. The first-order chi connectivity index (χ1) is 6.06. The molecular weight excluding hydrogens is 167 g/mol. The van der Waals surface area contributed by atoms with Gasteiger partial charge in [0.15, 0.2) is 0 Å². The van der Waals surface area contributed by atoms with Crippen LogP contribution in [0.25, 0.3) is 0 Å². The van der Waals surface area contributed by atoms with E-state index in [9.17, 15) is 4.39 Å². The lowest BCUT2D eigenvalue weighted by molar-refractivity contribution is 0.579. The number of aromatic nitrogens is 1. The van der Waals surface area contributed by atoms with E-state index in [0.29, 0.717) is 12.2 Å². The van der Waals surface area contributed by atoms with Crippen molar-refractivity contribution < 1.29 is 4.39 Å². The third kappa shape index (κ3) is 2.04. The summed E-state index contributed by atoms with van der Waals surface area (Å²) in [7, 11) is 0. The Morgan fingerprint density at radius 1 is 1.54 bits per heavy atom. The molecule has 1 aromatic heterocycles. The number of hydrogen-bond acceptors (Lipinski definition) is 2. The molecule has 1 aromatic rings. The van der Waals surface area contributed by atoms with Crippen LogP contribution < -0.4 is 5.73 Å². The fraction of sp³-hybridized carbons (Fsp3) is 0.500. The van der Waals surface area contributed by atoms with E-state index in [-0.39, 0.29) is 11.7 Å². The van der Waals surface area contributed by atoms with Gasteiger partial charge in [0.25, 0.3) is 0 Å². The standard InChI is InChI=1S/C10H15FN2/c1-6(2)10-8(11)4-7(3)9(5-12)13-10/h4,6H,5,12H2,1-3H3. The predicted molar refractivity (Wildman–Crippen MR) is 50.9 cm³/mol. The highest BCUT2D eigenvalue weighted by atomic mass is 19.1. The monoisotopic (exact) mass is 182 g/mol. The summed E-state index contributed by atoms with van der Waals surface area (Å²) in [5.41, 5.74) is 7.60. The first-order valence-corrected chi connectivity index (χ1v) is 4.42. The molecule has 0 aliphatic carbocycles. The summed E-state index contributed by atoms with van der Waals surface area (Å²) in [6.07, 6.45) is 0.